The van der Waals surface area contributed by atoms with E-state index in [1.54, 1.807) is 6.07 Å². The summed E-state index contributed by atoms with van der Waals surface area (Å²) in [6, 6.07) is 9.26. The number of thiophene rings is 1. The lowest BCUT2D eigenvalue weighted by Crippen LogP contribution is -2.51. The molecule has 1 aliphatic rings. The van der Waals surface area contributed by atoms with E-state index in [9.17, 15) is 14.9 Å². The van der Waals surface area contributed by atoms with Crippen LogP contribution in [0.5, 0.6) is 0 Å². The highest BCUT2D eigenvalue weighted by molar-refractivity contribution is 7.80. The van der Waals surface area contributed by atoms with Gasteiger partial charge in [0.25, 0.3) is 5.69 Å². The molecule has 25 heavy (non-hydrogen) atoms. The number of rotatable bonds is 4. The van der Waals surface area contributed by atoms with Crippen LogP contribution >= 0.6 is 23.6 Å². The second-order valence-electron chi connectivity index (χ2n) is 5.39. The Bertz CT molecular complexity index is 851. The molecule has 1 amide bonds. The van der Waals surface area contributed by atoms with Gasteiger partial charge in [0, 0.05) is 28.4 Å². The van der Waals surface area contributed by atoms with Gasteiger partial charge in [-0.3, -0.25) is 14.9 Å². The zero-order valence-electron chi connectivity index (χ0n) is 12.9. The van der Waals surface area contributed by atoms with Crippen LogP contribution in [-0.2, 0) is 4.79 Å². The number of nitrogens with one attached hydrogen (secondary N) is 3. The Morgan fingerprint density at radius 2 is 2.16 bits per heavy atom. The fourth-order valence-electron chi connectivity index (χ4n) is 2.62. The van der Waals surface area contributed by atoms with Gasteiger partial charge in [0.15, 0.2) is 5.11 Å². The molecule has 3 rings (SSSR count). The first-order valence-electron chi connectivity index (χ1n) is 7.31. The molecule has 0 spiro atoms. The summed E-state index contributed by atoms with van der Waals surface area (Å²) >= 11 is 6.67. The molecule has 128 valence electrons. The Labute approximate surface area is 152 Å². The highest BCUT2D eigenvalue weighted by Gasteiger charge is 2.37. The van der Waals surface area contributed by atoms with Gasteiger partial charge in [0.05, 0.1) is 11.0 Å². The van der Waals surface area contributed by atoms with Crippen LogP contribution in [0.15, 0.2) is 54.1 Å². The van der Waals surface area contributed by atoms with Crippen LogP contribution < -0.4 is 16.0 Å². The van der Waals surface area contributed by atoms with Crippen LogP contribution in [0.25, 0.3) is 0 Å². The molecule has 1 aromatic carbocycles. The summed E-state index contributed by atoms with van der Waals surface area (Å²) in [5, 5.41) is 21.9. The lowest BCUT2D eigenvalue weighted by molar-refractivity contribution is -0.384. The molecule has 2 atom stereocenters. The summed E-state index contributed by atoms with van der Waals surface area (Å²) in [5.74, 6) is -0.948. The molecule has 9 heteroatoms. The topological polar surface area (TPSA) is 96.3 Å². The molecule has 2 unspecified atom stereocenters. The molecular formula is C16H14N4O3S2. The molecule has 1 saturated heterocycles. The number of benzene rings is 1. The van der Waals surface area contributed by atoms with Crippen LogP contribution in [-0.4, -0.2) is 15.9 Å². The summed E-state index contributed by atoms with van der Waals surface area (Å²) in [5.41, 5.74) is 0.739. The summed E-state index contributed by atoms with van der Waals surface area (Å²) in [6.45, 7) is 3.91. The number of nitro benzene ring substituents is 1. The van der Waals surface area contributed by atoms with Gasteiger partial charge in [-0.1, -0.05) is 18.7 Å². The zero-order valence-corrected chi connectivity index (χ0v) is 14.5. The number of nitro groups is 1. The molecule has 2 aromatic rings. The lowest BCUT2D eigenvalue weighted by atomic mass is 9.92. The maximum absolute atomic E-state index is 12.8. The van der Waals surface area contributed by atoms with Gasteiger partial charge in [-0.05, 0) is 29.7 Å². The van der Waals surface area contributed by atoms with E-state index in [-0.39, 0.29) is 17.6 Å². The van der Waals surface area contributed by atoms with Gasteiger partial charge >= 0.3 is 0 Å². The minimum Gasteiger partial charge on any atom is -0.354 e. The van der Waals surface area contributed by atoms with Crippen molar-refractivity contribution < 1.29 is 9.72 Å². The maximum Gasteiger partial charge on any atom is 0.271 e. The minimum absolute atomic E-state index is 0.0903. The van der Waals surface area contributed by atoms with E-state index in [2.05, 4.69) is 22.5 Å². The predicted molar refractivity (Wildman–Crippen MR) is 100 cm³/mol. The van der Waals surface area contributed by atoms with Crippen LogP contribution in [0.4, 0.5) is 11.4 Å². The second-order valence-corrected chi connectivity index (χ2v) is 6.78. The third kappa shape index (κ3) is 3.67. The van der Waals surface area contributed by atoms with Gasteiger partial charge < -0.3 is 16.0 Å². The highest BCUT2D eigenvalue weighted by atomic mass is 32.1. The van der Waals surface area contributed by atoms with Gasteiger partial charge in [-0.25, -0.2) is 0 Å². The second kappa shape index (κ2) is 6.99. The average Bonchev–Trinajstić information content (AvgIpc) is 3.08. The van der Waals surface area contributed by atoms with Crippen molar-refractivity contribution in [2.75, 3.05) is 5.32 Å². The van der Waals surface area contributed by atoms with E-state index in [1.165, 1.54) is 29.5 Å². The molecule has 2 heterocycles. The molecule has 0 radical (unpaired) electrons. The molecule has 0 bridgehead atoms. The summed E-state index contributed by atoms with van der Waals surface area (Å²) in [4.78, 5) is 24.1. The van der Waals surface area contributed by atoms with Crippen LogP contribution in [0, 0.1) is 16.0 Å². The van der Waals surface area contributed by atoms with Crippen LogP contribution in [0.3, 0.4) is 0 Å². The molecule has 7 nitrogen and oxygen atoms in total. The van der Waals surface area contributed by atoms with Crippen LogP contribution in [0.2, 0.25) is 0 Å². The standard InChI is InChI=1S/C16H14N4O3S2/c1-9-13(14(19-16(24)17-9)12-6-3-7-25-12)15(21)18-10-4-2-5-11(8-10)20(22)23/h2-8,13-14H,1H2,(H,18,21)(H2,17,19,24). The van der Waals surface area contributed by atoms with Crippen molar-refractivity contribution in [3.63, 3.8) is 0 Å². The minimum atomic E-state index is -0.621. The maximum atomic E-state index is 12.8. The van der Waals surface area contributed by atoms with Crippen molar-refractivity contribution in [3.05, 3.63) is 69.0 Å². The molecule has 0 saturated carbocycles. The normalized spacial score (nSPS) is 19.7. The number of nitrogens with zero attached hydrogens (tertiary/aromatic N) is 1. The van der Waals surface area contributed by atoms with Crippen molar-refractivity contribution in [2.24, 2.45) is 5.92 Å². The number of carbonyl (C=O) groups excluding carboxylic acids is 1. The summed E-state index contributed by atoms with van der Waals surface area (Å²) in [7, 11) is 0. The fourth-order valence-corrected chi connectivity index (χ4v) is 3.69. The average molecular weight is 374 g/mol. The smallest absolute Gasteiger partial charge is 0.271 e. The monoisotopic (exact) mass is 374 g/mol. The molecule has 1 aromatic heterocycles. The number of hydrogen-bond donors (Lipinski definition) is 3. The number of thiocarbonyl (C=S) groups is 1. The number of hydrogen-bond acceptors (Lipinski definition) is 5. The Morgan fingerprint density at radius 1 is 1.36 bits per heavy atom. The summed E-state index contributed by atoms with van der Waals surface area (Å²) in [6.07, 6.45) is 0. The Balaban J connectivity index is 1.85. The van der Waals surface area contributed by atoms with E-state index >= 15 is 0 Å². The van der Waals surface area contributed by atoms with E-state index < -0.39 is 10.8 Å². The largest absolute Gasteiger partial charge is 0.354 e. The molecule has 1 fully saturated rings. The van der Waals surface area contributed by atoms with E-state index in [1.807, 2.05) is 17.5 Å². The van der Waals surface area contributed by atoms with Crippen molar-refractivity contribution in [1.29, 1.82) is 0 Å². The quantitative estimate of drug-likeness (QED) is 0.433. The van der Waals surface area contributed by atoms with Crippen molar-refractivity contribution >= 4 is 45.9 Å². The number of amides is 1. The zero-order chi connectivity index (χ0) is 18.0. The third-order valence-corrected chi connectivity index (χ3v) is 4.90. The first-order chi connectivity index (χ1) is 12.0. The molecular weight excluding hydrogens is 360 g/mol. The van der Waals surface area contributed by atoms with E-state index in [0.717, 1.165) is 4.88 Å². The first kappa shape index (κ1) is 17.1. The summed E-state index contributed by atoms with van der Waals surface area (Å²) < 4.78 is 0. The van der Waals surface area contributed by atoms with E-state index in [0.29, 0.717) is 16.5 Å². The lowest BCUT2D eigenvalue weighted by Gasteiger charge is -2.34. The molecule has 1 aliphatic heterocycles. The van der Waals surface area contributed by atoms with Gasteiger partial charge in [0.1, 0.15) is 5.92 Å². The Morgan fingerprint density at radius 3 is 2.84 bits per heavy atom. The number of carbonyl (C=O) groups is 1. The SMILES string of the molecule is C=C1NC(=S)NC(c2cccs2)C1C(=O)Nc1cccc([N+](=O)[O-])c1. The van der Waals surface area contributed by atoms with E-state index in [4.69, 9.17) is 12.2 Å². The van der Waals surface area contributed by atoms with Gasteiger partial charge in [-0.15, -0.1) is 11.3 Å². The third-order valence-electron chi connectivity index (χ3n) is 3.73. The van der Waals surface area contributed by atoms with Crippen molar-refractivity contribution in [3.8, 4) is 0 Å². The number of anilines is 1. The van der Waals surface area contributed by atoms with Gasteiger partial charge in [-0.2, -0.15) is 0 Å². The van der Waals surface area contributed by atoms with Crippen molar-refractivity contribution in [1.82, 2.24) is 10.6 Å². The molecule has 3 N–H and O–H groups in total. The Hall–Kier alpha value is -2.78. The van der Waals surface area contributed by atoms with Crippen molar-refractivity contribution in [2.45, 2.75) is 6.04 Å². The first-order valence-corrected chi connectivity index (χ1v) is 8.59. The number of non-ortho nitro benzene ring substituents is 1. The van der Waals surface area contributed by atoms with Gasteiger partial charge in [0.2, 0.25) is 5.91 Å². The van der Waals surface area contributed by atoms with Crippen LogP contribution in [0.1, 0.15) is 10.9 Å². The highest BCUT2D eigenvalue weighted by Crippen LogP contribution is 2.33. The molecule has 0 aliphatic carbocycles. The fraction of sp³-hybridized carbons (Fsp3) is 0.125. The Kier molecular flexibility index (Phi) is 4.77. The predicted octanol–water partition coefficient (Wildman–Crippen LogP) is 2.94.